The minimum absolute atomic E-state index is 0.214. The number of allylic oxidation sites excluding steroid dienone is 1. The van der Waals surface area contributed by atoms with E-state index >= 15 is 0 Å². The SMILES string of the molecule is CC(=O)OC(C)(C)C(C)CCC(C)C1CCC2C3=CC(O)C4(O)CC(O)CCC4(C)C3CCC21C. The van der Waals surface area contributed by atoms with Gasteiger partial charge in [-0.25, -0.2) is 0 Å². The van der Waals surface area contributed by atoms with Gasteiger partial charge in [-0.2, -0.15) is 0 Å². The molecule has 10 unspecified atom stereocenters. The topological polar surface area (TPSA) is 87.0 Å². The summed E-state index contributed by atoms with van der Waals surface area (Å²) in [7, 11) is 0. The number of aliphatic hydroxyl groups is 3. The van der Waals surface area contributed by atoms with Crippen LogP contribution in [0.15, 0.2) is 11.6 Å². The molecule has 0 aromatic rings. The third-order valence-corrected chi connectivity index (χ3v) is 11.7. The van der Waals surface area contributed by atoms with Gasteiger partial charge in [-0.05, 0) is 93.8 Å². The van der Waals surface area contributed by atoms with Crippen LogP contribution in [0.2, 0.25) is 0 Å². The highest BCUT2D eigenvalue weighted by Crippen LogP contribution is 2.67. The van der Waals surface area contributed by atoms with E-state index in [1.807, 2.05) is 19.9 Å². The normalized spacial score (nSPS) is 45.0. The van der Waals surface area contributed by atoms with E-state index in [1.165, 1.54) is 18.9 Å². The fraction of sp³-hybridized carbons (Fsp3) is 0.900. The lowest BCUT2D eigenvalue weighted by Gasteiger charge is -2.62. The molecule has 0 bridgehead atoms. The van der Waals surface area contributed by atoms with E-state index in [0.717, 1.165) is 38.5 Å². The second kappa shape index (κ2) is 9.13. The third kappa shape index (κ3) is 4.32. The van der Waals surface area contributed by atoms with E-state index in [0.29, 0.717) is 36.0 Å². The lowest BCUT2D eigenvalue weighted by atomic mass is 9.45. The van der Waals surface area contributed by atoms with Crippen LogP contribution in [0.4, 0.5) is 0 Å². The first kappa shape index (κ1) is 27.1. The molecular weight excluding hydrogens is 440 g/mol. The van der Waals surface area contributed by atoms with Crippen molar-refractivity contribution >= 4 is 5.97 Å². The van der Waals surface area contributed by atoms with Gasteiger partial charge in [0.1, 0.15) is 17.3 Å². The lowest BCUT2D eigenvalue weighted by Crippen LogP contribution is -2.65. The van der Waals surface area contributed by atoms with E-state index < -0.39 is 23.4 Å². The summed E-state index contributed by atoms with van der Waals surface area (Å²) in [5.41, 5.74) is -0.444. The van der Waals surface area contributed by atoms with Crippen LogP contribution in [0.25, 0.3) is 0 Å². The molecule has 3 N–H and O–H groups in total. The van der Waals surface area contributed by atoms with Gasteiger partial charge >= 0.3 is 5.97 Å². The smallest absolute Gasteiger partial charge is 0.303 e. The largest absolute Gasteiger partial charge is 0.460 e. The van der Waals surface area contributed by atoms with E-state index in [-0.39, 0.29) is 23.2 Å². The zero-order valence-electron chi connectivity index (χ0n) is 23.1. The van der Waals surface area contributed by atoms with Gasteiger partial charge in [0, 0.05) is 18.8 Å². The molecule has 0 heterocycles. The molecule has 4 aliphatic carbocycles. The fourth-order valence-corrected chi connectivity index (χ4v) is 9.05. The summed E-state index contributed by atoms with van der Waals surface area (Å²) in [6, 6.07) is 0. The van der Waals surface area contributed by atoms with Gasteiger partial charge in [0.25, 0.3) is 0 Å². The number of fused-ring (bicyclic) bond motifs is 5. The zero-order chi connectivity index (χ0) is 26.0. The molecule has 0 radical (unpaired) electrons. The molecule has 0 saturated heterocycles. The van der Waals surface area contributed by atoms with Crippen LogP contribution in [0.3, 0.4) is 0 Å². The van der Waals surface area contributed by atoms with Crippen molar-refractivity contribution in [1.82, 2.24) is 0 Å². The molecule has 0 aliphatic heterocycles. The number of hydrogen-bond acceptors (Lipinski definition) is 5. The van der Waals surface area contributed by atoms with Gasteiger partial charge in [0.15, 0.2) is 0 Å². The van der Waals surface area contributed by atoms with Crippen LogP contribution in [0.1, 0.15) is 106 Å². The van der Waals surface area contributed by atoms with Gasteiger partial charge in [0.2, 0.25) is 0 Å². The van der Waals surface area contributed by atoms with E-state index in [9.17, 15) is 20.1 Å². The summed E-state index contributed by atoms with van der Waals surface area (Å²) in [5.74, 6) is 2.06. The maximum Gasteiger partial charge on any atom is 0.303 e. The molecule has 5 heteroatoms. The maximum atomic E-state index is 11.6. The minimum Gasteiger partial charge on any atom is -0.460 e. The molecule has 10 atom stereocenters. The molecule has 200 valence electrons. The summed E-state index contributed by atoms with van der Waals surface area (Å²) in [6.45, 7) is 14.8. The Morgan fingerprint density at radius 3 is 2.43 bits per heavy atom. The van der Waals surface area contributed by atoms with Crippen LogP contribution in [0.5, 0.6) is 0 Å². The molecule has 3 saturated carbocycles. The van der Waals surface area contributed by atoms with Crippen molar-refractivity contribution in [2.24, 2.45) is 40.4 Å². The highest BCUT2D eigenvalue weighted by molar-refractivity contribution is 5.66. The second-order valence-electron chi connectivity index (χ2n) is 13.8. The summed E-state index contributed by atoms with van der Waals surface area (Å²) < 4.78 is 5.59. The van der Waals surface area contributed by atoms with Gasteiger partial charge in [-0.15, -0.1) is 0 Å². The number of ether oxygens (including phenoxy) is 1. The highest BCUT2D eigenvalue weighted by Gasteiger charge is 2.64. The Balaban J connectivity index is 1.50. The molecule has 0 spiro atoms. The molecule has 0 aromatic heterocycles. The summed E-state index contributed by atoms with van der Waals surface area (Å²) >= 11 is 0. The Bertz CT molecular complexity index is 850. The maximum absolute atomic E-state index is 11.6. The monoisotopic (exact) mass is 490 g/mol. The minimum atomic E-state index is -1.23. The average molecular weight is 491 g/mol. The van der Waals surface area contributed by atoms with Crippen LogP contribution in [-0.2, 0) is 9.53 Å². The second-order valence-corrected chi connectivity index (χ2v) is 13.8. The molecule has 4 rings (SSSR count). The van der Waals surface area contributed by atoms with E-state index in [2.05, 4.69) is 27.7 Å². The van der Waals surface area contributed by atoms with Crippen molar-refractivity contribution in [2.75, 3.05) is 0 Å². The van der Waals surface area contributed by atoms with Crippen LogP contribution in [0, 0.1) is 40.4 Å². The van der Waals surface area contributed by atoms with Gasteiger partial charge in [-0.3, -0.25) is 4.79 Å². The average Bonchev–Trinajstić information content (AvgIpc) is 3.10. The van der Waals surface area contributed by atoms with Crippen LogP contribution < -0.4 is 0 Å². The van der Waals surface area contributed by atoms with Crippen molar-refractivity contribution in [1.29, 1.82) is 0 Å². The molecule has 0 amide bonds. The zero-order valence-corrected chi connectivity index (χ0v) is 23.1. The number of aliphatic hydroxyl groups excluding tert-OH is 2. The van der Waals surface area contributed by atoms with E-state index in [4.69, 9.17) is 4.74 Å². The molecule has 35 heavy (non-hydrogen) atoms. The van der Waals surface area contributed by atoms with Crippen LogP contribution in [-0.4, -0.2) is 44.7 Å². The number of hydrogen-bond donors (Lipinski definition) is 3. The number of carbonyl (C=O) groups is 1. The van der Waals surface area contributed by atoms with Gasteiger partial charge in [-0.1, -0.05) is 45.8 Å². The Morgan fingerprint density at radius 1 is 1.09 bits per heavy atom. The highest BCUT2D eigenvalue weighted by atomic mass is 16.6. The molecular formula is C30H50O5. The van der Waals surface area contributed by atoms with Crippen LogP contribution >= 0.6 is 0 Å². The molecule has 3 fully saturated rings. The Hall–Kier alpha value is -0.910. The van der Waals surface area contributed by atoms with Gasteiger partial charge < -0.3 is 20.1 Å². The first-order valence-electron chi connectivity index (χ1n) is 14.2. The molecule has 0 aromatic carbocycles. The van der Waals surface area contributed by atoms with E-state index in [1.54, 1.807) is 0 Å². The van der Waals surface area contributed by atoms with Crippen molar-refractivity contribution in [3.8, 4) is 0 Å². The van der Waals surface area contributed by atoms with Crippen molar-refractivity contribution in [3.63, 3.8) is 0 Å². The summed E-state index contributed by atoms with van der Waals surface area (Å²) in [5, 5.41) is 33.1. The number of rotatable bonds is 6. The number of esters is 1. The van der Waals surface area contributed by atoms with Crippen molar-refractivity contribution in [3.05, 3.63) is 11.6 Å². The quantitative estimate of drug-likeness (QED) is 0.342. The Kier molecular flexibility index (Phi) is 7.08. The van der Waals surface area contributed by atoms with Gasteiger partial charge in [0.05, 0.1) is 6.10 Å². The van der Waals surface area contributed by atoms with Crippen molar-refractivity contribution < 1.29 is 24.9 Å². The predicted octanol–water partition coefficient (Wildman–Crippen LogP) is 5.41. The predicted molar refractivity (Wildman–Crippen MR) is 137 cm³/mol. The van der Waals surface area contributed by atoms with Crippen molar-refractivity contribution in [2.45, 2.75) is 130 Å². The number of carbonyl (C=O) groups excluding carboxylic acids is 1. The third-order valence-electron chi connectivity index (χ3n) is 11.7. The Labute approximate surface area is 212 Å². The molecule has 5 nitrogen and oxygen atoms in total. The molecule has 4 aliphatic rings. The first-order valence-corrected chi connectivity index (χ1v) is 14.2. The Morgan fingerprint density at radius 2 is 1.77 bits per heavy atom. The fourth-order valence-electron chi connectivity index (χ4n) is 9.05. The standard InChI is InChI=1S/C30H50O5/c1-18(8-9-19(2)27(4,5)35-20(3)31)23-10-11-24-22-16-26(33)30(34)17-21(32)12-15-29(30,7)25(22)13-14-28(23,24)6/h16,18-19,21,23-26,32-34H,8-15,17H2,1-7H3. The first-order chi connectivity index (χ1) is 16.2. The summed E-state index contributed by atoms with van der Waals surface area (Å²) in [4.78, 5) is 11.5. The summed E-state index contributed by atoms with van der Waals surface area (Å²) in [6.07, 6.45) is 9.06. The lowest BCUT2D eigenvalue weighted by molar-refractivity contribution is -0.210.